The van der Waals surface area contributed by atoms with Crippen molar-refractivity contribution in [2.75, 3.05) is 7.11 Å². The molecular weight excluding hydrogens is 476 g/mol. The van der Waals surface area contributed by atoms with Gasteiger partial charge in [0.2, 0.25) is 11.2 Å². The van der Waals surface area contributed by atoms with Crippen molar-refractivity contribution < 1.29 is 23.4 Å². The first-order chi connectivity index (χ1) is 15.5. The van der Waals surface area contributed by atoms with Crippen LogP contribution in [0.3, 0.4) is 0 Å². The highest BCUT2D eigenvalue weighted by Crippen LogP contribution is 2.31. The first kappa shape index (κ1) is 21.6. The van der Waals surface area contributed by atoms with Crippen molar-refractivity contribution in [1.82, 2.24) is 0 Å². The standard InChI is InChI=1S/C25H19BrO6/c1-15-24(32-21-6-4-3-5-20(21)26)23(27)19-12-11-18(13-22(19)31-15)30-14-16-7-9-17(10-8-16)25(28)29-2/h3-13H,14H2,1-2H3. The summed E-state index contributed by atoms with van der Waals surface area (Å²) in [6.07, 6.45) is 0. The van der Waals surface area contributed by atoms with Gasteiger partial charge in [0.25, 0.3) is 0 Å². The molecule has 0 spiro atoms. The summed E-state index contributed by atoms with van der Waals surface area (Å²) in [7, 11) is 1.34. The third-order valence-electron chi connectivity index (χ3n) is 4.82. The Hall–Kier alpha value is -3.58. The maximum absolute atomic E-state index is 13.0. The summed E-state index contributed by atoms with van der Waals surface area (Å²) >= 11 is 3.42. The van der Waals surface area contributed by atoms with Crippen LogP contribution >= 0.6 is 15.9 Å². The Balaban J connectivity index is 1.55. The van der Waals surface area contributed by atoms with E-state index < -0.39 is 0 Å². The molecule has 0 saturated heterocycles. The quantitative estimate of drug-likeness (QED) is 0.305. The van der Waals surface area contributed by atoms with Gasteiger partial charge in [0.1, 0.15) is 29.4 Å². The van der Waals surface area contributed by atoms with Crippen LogP contribution in [0.1, 0.15) is 21.7 Å². The Morgan fingerprint density at radius 3 is 2.50 bits per heavy atom. The molecule has 0 N–H and O–H groups in total. The second kappa shape index (κ2) is 9.28. The van der Waals surface area contributed by atoms with Crippen LogP contribution in [0, 0.1) is 6.92 Å². The molecule has 1 aromatic heterocycles. The number of carbonyl (C=O) groups excluding carboxylic acids is 1. The average Bonchev–Trinajstić information content (AvgIpc) is 2.81. The van der Waals surface area contributed by atoms with Crippen LogP contribution in [0.15, 0.2) is 80.4 Å². The molecule has 0 atom stereocenters. The minimum Gasteiger partial charge on any atom is -0.489 e. The van der Waals surface area contributed by atoms with Gasteiger partial charge in [-0.1, -0.05) is 24.3 Å². The van der Waals surface area contributed by atoms with E-state index in [1.54, 1.807) is 55.5 Å². The van der Waals surface area contributed by atoms with E-state index in [-0.39, 0.29) is 17.1 Å². The number of esters is 1. The SMILES string of the molecule is COC(=O)c1ccc(COc2ccc3c(=O)c(Oc4ccccc4Br)c(C)oc3c2)cc1. The number of rotatable bonds is 6. The number of hydrogen-bond acceptors (Lipinski definition) is 6. The average molecular weight is 495 g/mol. The summed E-state index contributed by atoms with van der Waals surface area (Å²) < 4.78 is 23.0. The van der Waals surface area contributed by atoms with Crippen LogP contribution in [-0.4, -0.2) is 13.1 Å². The zero-order valence-corrected chi connectivity index (χ0v) is 19.0. The van der Waals surface area contributed by atoms with Crippen molar-refractivity contribution in [3.63, 3.8) is 0 Å². The topological polar surface area (TPSA) is 75.0 Å². The van der Waals surface area contributed by atoms with E-state index in [9.17, 15) is 9.59 Å². The van der Waals surface area contributed by atoms with Gasteiger partial charge in [-0.3, -0.25) is 4.79 Å². The zero-order valence-electron chi connectivity index (χ0n) is 17.4. The molecule has 7 heteroatoms. The summed E-state index contributed by atoms with van der Waals surface area (Å²) in [5.74, 6) is 1.20. The molecule has 0 amide bonds. The fourth-order valence-corrected chi connectivity index (χ4v) is 3.50. The smallest absolute Gasteiger partial charge is 0.337 e. The molecule has 0 radical (unpaired) electrons. The number of para-hydroxylation sites is 1. The number of hydrogen-bond donors (Lipinski definition) is 0. The number of fused-ring (bicyclic) bond motifs is 1. The van der Waals surface area contributed by atoms with Gasteiger partial charge in [-0.15, -0.1) is 0 Å². The first-order valence-corrected chi connectivity index (χ1v) is 10.6. The highest BCUT2D eigenvalue weighted by atomic mass is 79.9. The molecule has 0 aliphatic heterocycles. The molecule has 4 aromatic rings. The Morgan fingerprint density at radius 1 is 1.03 bits per heavy atom. The number of carbonyl (C=O) groups is 1. The predicted octanol–water partition coefficient (Wildman–Crippen LogP) is 6.02. The van der Waals surface area contributed by atoms with E-state index in [1.165, 1.54) is 7.11 Å². The van der Waals surface area contributed by atoms with E-state index in [0.29, 0.717) is 40.4 Å². The molecule has 4 rings (SSSR count). The third-order valence-corrected chi connectivity index (χ3v) is 5.47. The molecule has 0 saturated carbocycles. The molecule has 0 aliphatic carbocycles. The van der Waals surface area contributed by atoms with E-state index >= 15 is 0 Å². The van der Waals surface area contributed by atoms with Crippen molar-refractivity contribution >= 4 is 32.9 Å². The Kier molecular flexibility index (Phi) is 6.28. The minimum absolute atomic E-state index is 0.142. The van der Waals surface area contributed by atoms with Crippen LogP contribution in [0.4, 0.5) is 0 Å². The van der Waals surface area contributed by atoms with Gasteiger partial charge >= 0.3 is 5.97 Å². The Bertz CT molecular complexity index is 1340. The summed E-state index contributed by atoms with van der Waals surface area (Å²) in [5, 5.41) is 0.396. The maximum atomic E-state index is 13.0. The molecule has 0 fully saturated rings. The number of aryl methyl sites for hydroxylation is 1. The molecule has 0 unspecified atom stereocenters. The number of ether oxygens (including phenoxy) is 3. The normalized spacial score (nSPS) is 10.7. The lowest BCUT2D eigenvalue weighted by Crippen LogP contribution is -2.07. The lowest BCUT2D eigenvalue weighted by atomic mass is 10.1. The largest absolute Gasteiger partial charge is 0.489 e. The van der Waals surface area contributed by atoms with Crippen molar-refractivity contribution in [3.05, 3.63) is 98.3 Å². The third kappa shape index (κ3) is 4.53. The van der Waals surface area contributed by atoms with E-state index in [1.807, 2.05) is 18.2 Å². The fourth-order valence-electron chi connectivity index (χ4n) is 3.14. The minimum atomic E-state index is -0.389. The molecule has 0 aliphatic rings. The predicted molar refractivity (Wildman–Crippen MR) is 124 cm³/mol. The molecular formula is C25H19BrO6. The zero-order chi connectivity index (χ0) is 22.7. The van der Waals surface area contributed by atoms with Crippen LogP contribution < -0.4 is 14.9 Å². The van der Waals surface area contributed by atoms with Crippen LogP contribution in [-0.2, 0) is 11.3 Å². The van der Waals surface area contributed by atoms with Gasteiger partial charge in [-0.2, -0.15) is 0 Å². The lowest BCUT2D eigenvalue weighted by molar-refractivity contribution is 0.0600. The summed E-state index contributed by atoms with van der Waals surface area (Å²) in [6.45, 7) is 1.98. The van der Waals surface area contributed by atoms with Crippen LogP contribution in [0.5, 0.6) is 17.2 Å². The van der Waals surface area contributed by atoms with Gasteiger partial charge in [0.05, 0.1) is 22.5 Å². The van der Waals surface area contributed by atoms with Crippen molar-refractivity contribution in [2.24, 2.45) is 0 Å². The number of methoxy groups -OCH3 is 1. The Morgan fingerprint density at radius 2 is 1.78 bits per heavy atom. The van der Waals surface area contributed by atoms with Gasteiger partial charge < -0.3 is 18.6 Å². The second-order valence-corrected chi connectivity index (χ2v) is 7.84. The highest BCUT2D eigenvalue weighted by Gasteiger charge is 2.15. The van der Waals surface area contributed by atoms with E-state index in [0.717, 1.165) is 10.0 Å². The van der Waals surface area contributed by atoms with E-state index in [2.05, 4.69) is 15.9 Å². The fraction of sp³-hybridized carbons (Fsp3) is 0.120. The number of benzene rings is 3. The molecule has 162 valence electrons. The monoisotopic (exact) mass is 494 g/mol. The molecule has 0 bridgehead atoms. The van der Waals surface area contributed by atoms with Gasteiger partial charge in [-0.25, -0.2) is 4.79 Å². The molecule has 32 heavy (non-hydrogen) atoms. The second-order valence-electron chi connectivity index (χ2n) is 6.98. The van der Waals surface area contributed by atoms with E-state index in [4.69, 9.17) is 18.6 Å². The van der Waals surface area contributed by atoms with Crippen molar-refractivity contribution in [1.29, 1.82) is 0 Å². The maximum Gasteiger partial charge on any atom is 0.337 e. The molecule has 6 nitrogen and oxygen atoms in total. The van der Waals surface area contributed by atoms with Crippen LogP contribution in [0.2, 0.25) is 0 Å². The summed E-state index contributed by atoms with van der Waals surface area (Å²) in [5.41, 5.74) is 1.50. The number of halogens is 1. The summed E-state index contributed by atoms with van der Waals surface area (Å²) in [4.78, 5) is 24.5. The van der Waals surface area contributed by atoms with Crippen LogP contribution in [0.25, 0.3) is 11.0 Å². The van der Waals surface area contributed by atoms with Gasteiger partial charge in [0.15, 0.2) is 0 Å². The highest BCUT2D eigenvalue weighted by molar-refractivity contribution is 9.10. The van der Waals surface area contributed by atoms with Gasteiger partial charge in [0, 0.05) is 6.07 Å². The molecule has 3 aromatic carbocycles. The lowest BCUT2D eigenvalue weighted by Gasteiger charge is -2.11. The summed E-state index contributed by atoms with van der Waals surface area (Å²) in [6, 6.07) is 19.3. The van der Waals surface area contributed by atoms with Crippen molar-refractivity contribution in [2.45, 2.75) is 13.5 Å². The first-order valence-electron chi connectivity index (χ1n) is 9.76. The van der Waals surface area contributed by atoms with Crippen molar-refractivity contribution in [3.8, 4) is 17.2 Å². The van der Waals surface area contributed by atoms with Gasteiger partial charge in [-0.05, 0) is 64.8 Å². The Labute approximate surface area is 192 Å². The molecule has 1 heterocycles.